The largest absolute Gasteiger partial charge is 0.319 e. The van der Waals surface area contributed by atoms with Gasteiger partial charge in [0.15, 0.2) is 0 Å². The number of halogens is 1. The summed E-state index contributed by atoms with van der Waals surface area (Å²) in [6.45, 7) is 2.13. The predicted octanol–water partition coefficient (Wildman–Crippen LogP) is 5.05. The molecule has 0 radical (unpaired) electrons. The minimum atomic E-state index is -0.218. The van der Waals surface area contributed by atoms with Gasteiger partial charge in [0.05, 0.1) is 5.69 Å². The monoisotopic (exact) mass is 357 g/mol. The normalized spacial score (nSPS) is 11.9. The first kappa shape index (κ1) is 16.6. The molecule has 1 atom stereocenters. The lowest BCUT2D eigenvalue weighted by Gasteiger charge is -2.12. The first-order chi connectivity index (χ1) is 11.6. The van der Waals surface area contributed by atoms with Crippen molar-refractivity contribution in [1.29, 1.82) is 0 Å². The molecule has 0 aliphatic rings. The summed E-state index contributed by atoms with van der Waals surface area (Å²) in [6.07, 6.45) is 5.41. The van der Waals surface area contributed by atoms with Crippen LogP contribution in [0.3, 0.4) is 0 Å². The van der Waals surface area contributed by atoms with Gasteiger partial charge in [0.2, 0.25) is 0 Å². The Labute approximate surface area is 150 Å². The molecule has 24 heavy (non-hydrogen) atoms. The Bertz CT molecular complexity index is 818. The Morgan fingerprint density at radius 1 is 1.21 bits per heavy atom. The first-order valence-electron chi connectivity index (χ1n) is 7.45. The molecule has 3 aromatic rings. The number of pyridine rings is 1. The molecule has 0 aliphatic carbocycles. The van der Waals surface area contributed by atoms with Crippen molar-refractivity contribution >= 4 is 35.1 Å². The van der Waals surface area contributed by atoms with Crippen LogP contribution in [0.25, 0.3) is 0 Å². The van der Waals surface area contributed by atoms with Gasteiger partial charge in [-0.15, -0.1) is 0 Å². The number of benzene rings is 1. The van der Waals surface area contributed by atoms with Gasteiger partial charge in [-0.25, -0.2) is 0 Å². The number of nitrogens with one attached hydrogen (secondary N) is 1. The van der Waals surface area contributed by atoms with E-state index in [0.717, 1.165) is 10.7 Å². The van der Waals surface area contributed by atoms with E-state index in [1.165, 1.54) is 5.56 Å². The van der Waals surface area contributed by atoms with Crippen molar-refractivity contribution in [2.75, 3.05) is 5.32 Å². The summed E-state index contributed by atoms with van der Waals surface area (Å²) >= 11 is 7.57. The van der Waals surface area contributed by atoms with Crippen LogP contribution in [0.2, 0.25) is 5.02 Å². The van der Waals surface area contributed by atoms with Crippen LogP contribution in [0.15, 0.2) is 67.1 Å². The lowest BCUT2D eigenvalue weighted by Crippen LogP contribution is -2.12. The average Bonchev–Trinajstić information content (AvgIpc) is 3.03. The number of carbonyl (C=O) groups is 1. The van der Waals surface area contributed by atoms with Crippen molar-refractivity contribution in [1.82, 2.24) is 8.96 Å². The topological polar surface area (TPSA) is 46.9 Å². The zero-order chi connectivity index (χ0) is 16.9. The molecule has 4 nitrogen and oxygen atoms in total. The fraction of sp³-hybridized carbons (Fsp3) is 0.111. The minimum Gasteiger partial charge on any atom is -0.319 e. The molecule has 2 aromatic heterocycles. The fourth-order valence-corrected chi connectivity index (χ4v) is 3.26. The number of anilines is 1. The second-order valence-corrected chi connectivity index (χ2v) is 7.00. The molecule has 6 heteroatoms. The van der Waals surface area contributed by atoms with Gasteiger partial charge in [-0.1, -0.05) is 29.8 Å². The third-order valence-corrected chi connectivity index (χ3v) is 4.75. The maximum atomic E-state index is 12.1. The average molecular weight is 358 g/mol. The number of rotatable bonds is 5. The van der Waals surface area contributed by atoms with Crippen molar-refractivity contribution in [3.05, 3.63) is 83.4 Å². The van der Waals surface area contributed by atoms with Crippen LogP contribution < -0.4 is 5.32 Å². The van der Waals surface area contributed by atoms with Crippen LogP contribution in [0, 0.1) is 0 Å². The highest BCUT2D eigenvalue weighted by Crippen LogP contribution is 2.31. The van der Waals surface area contributed by atoms with Gasteiger partial charge in [-0.05, 0) is 54.8 Å². The Balaban J connectivity index is 1.63. The summed E-state index contributed by atoms with van der Waals surface area (Å²) in [5, 5.41) is 3.84. The Kier molecular flexibility index (Phi) is 5.23. The maximum Gasteiger partial charge on any atom is 0.274 e. The molecule has 1 N–H and O–H groups in total. The second-order valence-electron chi connectivity index (χ2n) is 5.23. The van der Waals surface area contributed by atoms with E-state index in [4.69, 9.17) is 11.6 Å². The zero-order valence-electron chi connectivity index (χ0n) is 13.0. The smallest absolute Gasteiger partial charge is 0.274 e. The molecule has 0 saturated heterocycles. The highest BCUT2D eigenvalue weighted by molar-refractivity contribution is 7.98. The van der Waals surface area contributed by atoms with E-state index in [0.29, 0.717) is 5.69 Å². The molecule has 3 rings (SSSR count). The Morgan fingerprint density at radius 3 is 2.71 bits per heavy atom. The van der Waals surface area contributed by atoms with E-state index in [1.54, 1.807) is 36.3 Å². The first-order valence-corrected chi connectivity index (χ1v) is 8.66. The van der Waals surface area contributed by atoms with Gasteiger partial charge in [-0.3, -0.25) is 13.8 Å². The summed E-state index contributed by atoms with van der Waals surface area (Å²) in [5.74, 6) is -0.218. The van der Waals surface area contributed by atoms with Crippen LogP contribution in [0.5, 0.6) is 0 Å². The van der Waals surface area contributed by atoms with Crippen molar-refractivity contribution < 1.29 is 4.79 Å². The van der Waals surface area contributed by atoms with Gasteiger partial charge in [0.1, 0.15) is 5.69 Å². The van der Waals surface area contributed by atoms with Gasteiger partial charge >= 0.3 is 0 Å². The molecule has 0 bridgehead atoms. The molecular weight excluding hydrogens is 342 g/mol. The summed E-state index contributed by atoms with van der Waals surface area (Å²) in [4.78, 5) is 16.1. The van der Waals surface area contributed by atoms with Crippen LogP contribution in [0.4, 0.5) is 5.69 Å². The quantitative estimate of drug-likeness (QED) is 0.695. The van der Waals surface area contributed by atoms with E-state index in [9.17, 15) is 4.79 Å². The van der Waals surface area contributed by atoms with E-state index >= 15 is 0 Å². The molecule has 1 aromatic carbocycles. The van der Waals surface area contributed by atoms with Crippen LogP contribution in [0.1, 0.15) is 28.2 Å². The van der Waals surface area contributed by atoms with E-state index < -0.39 is 0 Å². The van der Waals surface area contributed by atoms with Crippen molar-refractivity contribution in [2.45, 2.75) is 12.2 Å². The SMILES string of the molecule is CC(Sn1ccc(NC(=O)c2ccccn2)c1)c1ccc(Cl)cc1. The predicted molar refractivity (Wildman–Crippen MR) is 99.5 cm³/mol. The molecule has 1 amide bonds. The Morgan fingerprint density at radius 2 is 2.00 bits per heavy atom. The van der Waals surface area contributed by atoms with E-state index in [2.05, 4.69) is 17.2 Å². The number of aromatic nitrogens is 2. The number of amides is 1. The van der Waals surface area contributed by atoms with Gasteiger partial charge in [-0.2, -0.15) is 0 Å². The highest BCUT2D eigenvalue weighted by atomic mass is 35.5. The molecule has 1 unspecified atom stereocenters. The van der Waals surface area contributed by atoms with E-state index in [1.807, 2.05) is 46.7 Å². The summed E-state index contributed by atoms with van der Waals surface area (Å²) in [6, 6.07) is 14.9. The van der Waals surface area contributed by atoms with Crippen LogP contribution >= 0.6 is 23.5 Å². The molecule has 2 heterocycles. The molecular formula is C18H16ClN3OS. The number of carbonyl (C=O) groups excluding carboxylic acids is 1. The number of nitrogens with zero attached hydrogens (tertiary/aromatic N) is 2. The van der Waals surface area contributed by atoms with Crippen molar-refractivity contribution in [3.8, 4) is 0 Å². The van der Waals surface area contributed by atoms with Gasteiger partial charge in [0.25, 0.3) is 5.91 Å². The third-order valence-electron chi connectivity index (χ3n) is 3.44. The zero-order valence-corrected chi connectivity index (χ0v) is 14.6. The summed E-state index contributed by atoms with van der Waals surface area (Å²) in [5.41, 5.74) is 2.33. The van der Waals surface area contributed by atoms with Gasteiger partial charge in [0, 0.05) is 28.9 Å². The second kappa shape index (κ2) is 7.55. The van der Waals surface area contributed by atoms with Crippen molar-refractivity contribution in [3.63, 3.8) is 0 Å². The summed E-state index contributed by atoms with van der Waals surface area (Å²) in [7, 11) is 0. The minimum absolute atomic E-state index is 0.218. The van der Waals surface area contributed by atoms with E-state index in [-0.39, 0.29) is 11.2 Å². The maximum absolute atomic E-state index is 12.1. The molecule has 0 saturated carbocycles. The molecule has 0 fully saturated rings. The number of hydrogen-bond acceptors (Lipinski definition) is 3. The van der Waals surface area contributed by atoms with Crippen molar-refractivity contribution in [2.24, 2.45) is 0 Å². The van der Waals surface area contributed by atoms with Crippen LogP contribution in [-0.2, 0) is 0 Å². The summed E-state index contributed by atoms with van der Waals surface area (Å²) < 4.78 is 1.98. The lowest BCUT2D eigenvalue weighted by atomic mass is 10.2. The number of hydrogen-bond donors (Lipinski definition) is 1. The standard InChI is InChI=1S/C18H16ClN3OS/c1-13(14-5-7-15(19)8-6-14)24-22-11-9-16(12-22)21-18(23)17-4-2-3-10-20-17/h2-13H,1H3,(H,21,23). The Hall–Kier alpha value is -2.24. The third kappa shape index (κ3) is 4.19. The lowest BCUT2D eigenvalue weighted by molar-refractivity contribution is 0.102. The molecule has 0 aliphatic heterocycles. The van der Waals surface area contributed by atoms with Crippen LogP contribution in [-0.4, -0.2) is 14.9 Å². The molecule has 122 valence electrons. The highest BCUT2D eigenvalue weighted by Gasteiger charge is 2.10. The fourth-order valence-electron chi connectivity index (χ4n) is 2.19. The van der Waals surface area contributed by atoms with Gasteiger partial charge < -0.3 is 5.32 Å². The molecule has 0 spiro atoms.